The first kappa shape index (κ1) is 19.2. The van der Waals surface area contributed by atoms with Gasteiger partial charge in [0, 0.05) is 55.8 Å². The highest BCUT2D eigenvalue weighted by atomic mass is 16.1. The summed E-state index contributed by atoms with van der Waals surface area (Å²) in [6.45, 7) is 4.28. The Morgan fingerprint density at radius 1 is 0.906 bits per heavy atom. The highest BCUT2D eigenvalue weighted by Crippen LogP contribution is 2.33. The van der Waals surface area contributed by atoms with Crippen molar-refractivity contribution < 1.29 is 4.79 Å². The van der Waals surface area contributed by atoms with Crippen LogP contribution >= 0.6 is 0 Å². The molecule has 1 fully saturated rings. The number of carbonyl (C=O) groups is 1. The van der Waals surface area contributed by atoms with Crippen molar-refractivity contribution in [3.63, 3.8) is 0 Å². The Bertz CT molecular complexity index is 1320. The number of aromatic nitrogens is 3. The summed E-state index contributed by atoms with van der Waals surface area (Å²) in [4.78, 5) is 21.8. The number of pyridine rings is 1. The van der Waals surface area contributed by atoms with Gasteiger partial charge < -0.3 is 9.80 Å². The van der Waals surface area contributed by atoms with E-state index >= 15 is 0 Å². The molecule has 0 amide bonds. The Labute approximate surface area is 186 Å². The Morgan fingerprint density at radius 3 is 2.53 bits per heavy atom. The molecule has 0 saturated carbocycles. The molecule has 0 radical (unpaired) electrons. The third-order valence-corrected chi connectivity index (χ3v) is 6.73. The molecular weight excluding hydrogens is 398 g/mol. The summed E-state index contributed by atoms with van der Waals surface area (Å²) in [5.74, 6) is 0.276. The summed E-state index contributed by atoms with van der Waals surface area (Å²) < 4.78 is 0. The molecule has 6 heteroatoms. The standard InChI is InChI=1S/C26H25N5O/c1-30-11-13-31(14-12-30)19-7-5-17(6-8-19)25-26-24(28-29-25)10-9-23(27-26)21-4-2-3-18-15-20(32)16-22(18)21/h2-10H,11-16H2,1H3,(H,28,29). The van der Waals surface area contributed by atoms with Gasteiger partial charge in [0.15, 0.2) is 0 Å². The van der Waals surface area contributed by atoms with E-state index < -0.39 is 0 Å². The fourth-order valence-corrected chi connectivity index (χ4v) is 4.87. The summed E-state index contributed by atoms with van der Waals surface area (Å²) in [6.07, 6.45) is 1.03. The quantitative estimate of drug-likeness (QED) is 0.544. The lowest BCUT2D eigenvalue weighted by Crippen LogP contribution is -2.44. The number of rotatable bonds is 3. The van der Waals surface area contributed by atoms with Gasteiger partial charge in [-0.15, -0.1) is 0 Å². The zero-order chi connectivity index (χ0) is 21.7. The number of H-pyrrole nitrogens is 1. The molecule has 3 heterocycles. The van der Waals surface area contributed by atoms with Gasteiger partial charge in [-0.2, -0.15) is 5.10 Å². The number of benzene rings is 2. The first-order valence-electron chi connectivity index (χ1n) is 11.2. The van der Waals surface area contributed by atoms with Gasteiger partial charge >= 0.3 is 0 Å². The molecule has 0 spiro atoms. The van der Waals surface area contributed by atoms with Gasteiger partial charge in [-0.05, 0) is 42.4 Å². The summed E-state index contributed by atoms with van der Waals surface area (Å²) >= 11 is 0. The van der Waals surface area contributed by atoms with Crippen LogP contribution < -0.4 is 4.90 Å². The van der Waals surface area contributed by atoms with Crippen LogP contribution in [-0.2, 0) is 17.6 Å². The van der Waals surface area contributed by atoms with E-state index in [4.69, 9.17) is 4.98 Å². The van der Waals surface area contributed by atoms with E-state index in [0.717, 1.165) is 70.9 Å². The number of anilines is 1. The largest absolute Gasteiger partial charge is 0.369 e. The molecule has 6 nitrogen and oxygen atoms in total. The molecule has 1 aliphatic heterocycles. The highest BCUT2D eigenvalue weighted by molar-refractivity contribution is 5.93. The third-order valence-electron chi connectivity index (χ3n) is 6.73. The number of ketones is 1. The average molecular weight is 424 g/mol. The van der Waals surface area contributed by atoms with E-state index in [1.165, 1.54) is 5.69 Å². The molecular formula is C26H25N5O. The van der Waals surface area contributed by atoms with Crippen LogP contribution in [0.3, 0.4) is 0 Å². The fourth-order valence-electron chi connectivity index (χ4n) is 4.87. The Morgan fingerprint density at radius 2 is 1.72 bits per heavy atom. The second kappa shape index (κ2) is 7.57. The van der Waals surface area contributed by atoms with Crippen LogP contribution in [0.15, 0.2) is 54.6 Å². The fraction of sp³-hybridized carbons (Fsp3) is 0.269. The van der Waals surface area contributed by atoms with Crippen molar-refractivity contribution in [3.05, 3.63) is 65.7 Å². The molecule has 1 N–H and O–H groups in total. The van der Waals surface area contributed by atoms with Crippen molar-refractivity contribution in [3.8, 4) is 22.5 Å². The molecule has 2 aromatic carbocycles. The summed E-state index contributed by atoms with van der Waals surface area (Å²) in [5.41, 5.74) is 9.11. The molecule has 1 aliphatic carbocycles. The lowest BCUT2D eigenvalue weighted by Gasteiger charge is -2.34. The van der Waals surface area contributed by atoms with Crippen LogP contribution in [-0.4, -0.2) is 59.1 Å². The first-order valence-corrected chi connectivity index (χ1v) is 11.2. The number of nitrogens with zero attached hydrogens (tertiary/aromatic N) is 4. The van der Waals surface area contributed by atoms with Crippen molar-refractivity contribution in [1.82, 2.24) is 20.1 Å². The number of aromatic amines is 1. The second-order valence-corrected chi connectivity index (χ2v) is 8.84. The maximum Gasteiger partial charge on any atom is 0.141 e. The van der Waals surface area contributed by atoms with Gasteiger partial charge in [0.1, 0.15) is 17.0 Å². The molecule has 32 heavy (non-hydrogen) atoms. The molecule has 4 aromatic rings. The number of likely N-dealkylation sites (N-methyl/N-ethyl adjacent to an activating group) is 1. The third kappa shape index (κ3) is 3.28. The molecule has 160 valence electrons. The van der Waals surface area contributed by atoms with Gasteiger partial charge in [-0.3, -0.25) is 9.89 Å². The van der Waals surface area contributed by atoms with Gasteiger partial charge in [0.2, 0.25) is 0 Å². The maximum atomic E-state index is 12.0. The predicted molar refractivity (Wildman–Crippen MR) is 127 cm³/mol. The highest BCUT2D eigenvalue weighted by Gasteiger charge is 2.22. The van der Waals surface area contributed by atoms with Crippen LogP contribution in [0.2, 0.25) is 0 Å². The minimum atomic E-state index is 0.276. The minimum absolute atomic E-state index is 0.276. The molecule has 1 saturated heterocycles. The number of hydrogen-bond donors (Lipinski definition) is 1. The predicted octanol–water partition coefficient (Wildman–Crippen LogP) is 3.71. The smallest absolute Gasteiger partial charge is 0.141 e. The van der Waals surface area contributed by atoms with Crippen LogP contribution in [0.5, 0.6) is 0 Å². The van der Waals surface area contributed by atoms with Gasteiger partial charge in [-0.25, -0.2) is 4.98 Å². The second-order valence-electron chi connectivity index (χ2n) is 8.84. The number of Topliss-reactive ketones (excluding diaryl/α,β-unsaturated/α-hetero) is 1. The molecule has 0 bridgehead atoms. The van der Waals surface area contributed by atoms with Crippen LogP contribution in [0.25, 0.3) is 33.5 Å². The van der Waals surface area contributed by atoms with Crippen molar-refractivity contribution in [2.45, 2.75) is 12.8 Å². The lowest BCUT2D eigenvalue weighted by atomic mass is 10.00. The van der Waals surface area contributed by atoms with Crippen molar-refractivity contribution in [2.24, 2.45) is 0 Å². The van der Waals surface area contributed by atoms with Crippen molar-refractivity contribution >= 4 is 22.5 Å². The topological polar surface area (TPSA) is 65.1 Å². The Kier molecular flexibility index (Phi) is 4.54. The van der Waals surface area contributed by atoms with Gasteiger partial charge in [0.05, 0.1) is 11.2 Å². The van der Waals surface area contributed by atoms with E-state index in [2.05, 4.69) is 57.4 Å². The number of piperazine rings is 1. The monoisotopic (exact) mass is 423 g/mol. The molecule has 2 aromatic heterocycles. The van der Waals surface area contributed by atoms with E-state index in [0.29, 0.717) is 12.8 Å². The summed E-state index contributed by atoms with van der Waals surface area (Å²) in [6, 6.07) is 18.8. The van der Waals surface area contributed by atoms with Crippen molar-refractivity contribution in [2.75, 3.05) is 38.1 Å². The molecule has 0 atom stereocenters. The number of carbonyl (C=O) groups excluding carboxylic acids is 1. The minimum Gasteiger partial charge on any atom is -0.369 e. The van der Waals surface area contributed by atoms with Crippen molar-refractivity contribution in [1.29, 1.82) is 0 Å². The first-order chi connectivity index (χ1) is 15.7. The number of hydrogen-bond acceptors (Lipinski definition) is 5. The zero-order valence-corrected chi connectivity index (χ0v) is 18.1. The van der Waals surface area contributed by atoms with Crippen LogP contribution in [0.4, 0.5) is 5.69 Å². The number of fused-ring (bicyclic) bond motifs is 2. The van der Waals surface area contributed by atoms with E-state index in [1.54, 1.807) is 0 Å². The maximum absolute atomic E-state index is 12.0. The van der Waals surface area contributed by atoms with E-state index in [9.17, 15) is 4.79 Å². The zero-order valence-electron chi connectivity index (χ0n) is 18.1. The van der Waals surface area contributed by atoms with Gasteiger partial charge in [-0.1, -0.05) is 30.3 Å². The van der Waals surface area contributed by atoms with Gasteiger partial charge in [0.25, 0.3) is 0 Å². The van der Waals surface area contributed by atoms with E-state index in [1.807, 2.05) is 24.3 Å². The van der Waals surface area contributed by atoms with Crippen LogP contribution in [0.1, 0.15) is 11.1 Å². The van der Waals surface area contributed by atoms with Crippen LogP contribution in [0, 0.1) is 0 Å². The number of nitrogens with one attached hydrogen (secondary N) is 1. The SMILES string of the molecule is CN1CCN(c2ccc(-c3n[nH]c4ccc(-c5cccc6c5CC(=O)C6)nc34)cc2)CC1. The Balaban J connectivity index is 1.35. The lowest BCUT2D eigenvalue weighted by molar-refractivity contribution is -0.117. The average Bonchev–Trinajstić information content (AvgIpc) is 3.41. The molecule has 6 rings (SSSR count). The molecule has 0 unspecified atom stereocenters. The normalized spacial score (nSPS) is 16.7. The summed E-state index contributed by atoms with van der Waals surface area (Å²) in [5, 5.41) is 7.70. The Hall–Kier alpha value is -3.51. The van der Waals surface area contributed by atoms with E-state index in [-0.39, 0.29) is 5.78 Å². The summed E-state index contributed by atoms with van der Waals surface area (Å²) in [7, 11) is 2.17. The molecule has 2 aliphatic rings.